The fourth-order valence-corrected chi connectivity index (χ4v) is 4.81. The minimum absolute atomic E-state index is 0.0440. The predicted octanol–water partition coefficient (Wildman–Crippen LogP) is 4.88. The normalized spacial score (nSPS) is 14.3. The highest BCUT2D eigenvalue weighted by Crippen LogP contribution is 2.36. The highest BCUT2D eigenvalue weighted by atomic mass is 32.2. The lowest BCUT2D eigenvalue weighted by Gasteiger charge is -2.08. The van der Waals surface area contributed by atoms with Crippen LogP contribution in [0.25, 0.3) is 17.0 Å². The molecule has 1 aliphatic heterocycles. The maximum atomic E-state index is 12.9. The van der Waals surface area contributed by atoms with E-state index in [9.17, 15) is 13.2 Å². The van der Waals surface area contributed by atoms with Gasteiger partial charge in [0.05, 0.1) is 12.7 Å². The quantitative estimate of drug-likeness (QED) is 0.302. The Morgan fingerprint density at radius 3 is 2.44 bits per heavy atom. The van der Waals surface area contributed by atoms with Gasteiger partial charge in [0.1, 0.15) is 22.1 Å². The molecule has 0 fully saturated rings. The molecule has 0 amide bonds. The molecule has 4 aromatic rings. The van der Waals surface area contributed by atoms with Gasteiger partial charge in [-0.15, -0.1) is 0 Å². The summed E-state index contributed by atoms with van der Waals surface area (Å²) in [6.07, 6.45) is 3.58. The number of nitrogens with zero attached hydrogens (tertiary/aromatic N) is 1. The second kappa shape index (κ2) is 8.07. The number of fused-ring (bicyclic) bond motifs is 2. The molecule has 7 nitrogen and oxygen atoms in total. The highest BCUT2D eigenvalue weighted by molar-refractivity contribution is 7.87. The standard InChI is InChI=1S/C26H21NO6S/c1-16-4-8-20(9-5-16)34(29,30)33-19-6-10-21-24(14-19)32-25(26(21)28)12-17-15-27(2)23-11-7-18(31-3)13-22(17)23/h4-15H,1-3H3. The van der Waals surface area contributed by atoms with Gasteiger partial charge in [-0.2, -0.15) is 8.42 Å². The maximum absolute atomic E-state index is 12.9. The Balaban J connectivity index is 1.45. The highest BCUT2D eigenvalue weighted by Gasteiger charge is 2.29. The number of Topliss-reactive ketones (excluding diaryl/α,β-unsaturated/α-hetero) is 1. The number of hydrogen-bond donors (Lipinski definition) is 0. The van der Waals surface area contributed by atoms with Gasteiger partial charge in [0.15, 0.2) is 5.76 Å². The van der Waals surface area contributed by atoms with Gasteiger partial charge in [-0.05, 0) is 55.5 Å². The third-order valence-corrected chi connectivity index (χ3v) is 6.93. The van der Waals surface area contributed by atoms with E-state index in [4.69, 9.17) is 13.7 Å². The average molecular weight is 476 g/mol. The van der Waals surface area contributed by atoms with Gasteiger partial charge in [0, 0.05) is 35.8 Å². The van der Waals surface area contributed by atoms with Crippen molar-refractivity contribution in [3.63, 3.8) is 0 Å². The molecule has 0 aliphatic carbocycles. The summed E-state index contributed by atoms with van der Waals surface area (Å²) < 4.78 is 43.6. The van der Waals surface area contributed by atoms with E-state index in [1.807, 2.05) is 42.9 Å². The Morgan fingerprint density at radius 1 is 0.971 bits per heavy atom. The number of allylic oxidation sites excluding steroid dienone is 1. The largest absolute Gasteiger partial charge is 0.497 e. The summed E-state index contributed by atoms with van der Waals surface area (Å²) in [6, 6.07) is 16.4. The SMILES string of the molecule is COc1ccc2c(c1)c(C=C1Oc3cc(OS(=O)(=O)c4ccc(C)cc4)ccc3C1=O)cn2C. The molecule has 0 saturated carbocycles. The van der Waals surface area contributed by atoms with Crippen molar-refractivity contribution in [2.45, 2.75) is 11.8 Å². The van der Waals surface area contributed by atoms with Crippen LogP contribution in [-0.2, 0) is 17.2 Å². The molecule has 8 heteroatoms. The molecular formula is C26H21NO6S. The van der Waals surface area contributed by atoms with Gasteiger partial charge >= 0.3 is 10.1 Å². The second-order valence-corrected chi connectivity index (χ2v) is 9.57. The van der Waals surface area contributed by atoms with E-state index < -0.39 is 10.1 Å². The molecule has 1 aromatic heterocycles. The molecule has 172 valence electrons. The molecule has 34 heavy (non-hydrogen) atoms. The first-order chi connectivity index (χ1) is 16.2. The first-order valence-electron chi connectivity index (χ1n) is 10.5. The van der Waals surface area contributed by atoms with Gasteiger partial charge in [0.2, 0.25) is 5.78 Å². The summed E-state index contributed by atoms with van der Waals surface area (Å²) in [5, 5.41) is 0.912. The number of aryl methyl sites for hydroxylation is 2. The van der Waals surface area contributed by atoms with Crippen LogP contribution in [0.15, 0.2) is 77.5 Å². The van der Waals surface area contributed by atoms with Crippen molar-refractivity contribution in [3.05, 3.63) is 89.3 Å². The van der Waals surface area contributed by atoms with Crippen LogP contribution in [0.1, 0.15) is 21.5 Å². The van der Waals surface area contributed by atoms with Crippen LogP contribution in [0.5, 0.6) is 17.2 Å². The van der Waals surface area contributed by atoms with E-state index >= 15 is 0 Å². The molecule has 0 saturated heterocycles. The van der Waals surface area contributed by atoms with Gasteiger partial charge in [0.25, 0.3) is 0 Å². The fraction of sp³-hybridized carbons (Fsp3) is 0.115. The van der Waals surface area contributed by atoms with Crippen LogP contribution in [0, 0.1) is 6.92 Å². The van der Waals surface area contributed by atoms with Crippen LogP contribution >= 0.6 is 0 Å². The van der Waals surface area contributed by atoms with Crippen molar-refractivity contribution in [2.24, 2.45) is 7.05 Å². The minimum Gasteiger partial charge on any atom is -0.497 e. The molecule has 0 N–H and O–H groups in total. The number of methoxy groups -OCH3 is 1. The van der Waals surface area contributed by atoms with Crippen molar-refractivity contribution in [1.29, 1.82) is 0 Å². The Bertz CT molecular complexity index is 1580. The number of carbonyl (C=O) groups is 1. The first-order valence-corrected chi connectivity index (χ1v) is 11.9. The Hall–Kier alpha value is -4.04. The zero-order valence-corrected chi connectivity index (χ0v) is 19.5. The predicted molar refractivity (Wildman–Crippen MR) is 128 cm³/mol. The van der Waals surface area contributed by atoms with E-state index in [1.165, 1.54) is 30.3 Å². The average Bonchev–Trinajstić information content (AvgIpc) is 3.29. The molecule has 0 radical (unpaired) electrons. The van der Waals surface area contributed by atoms with Gasteiger partial charge in [-0.3, -0.25) is 4.79 Å². The summed E-state index contributed by atoms with van der Waals surface area (Å²) >= 11 is 0. The lowest BCUT2D eigenvalue weighted by Crippen LogP contribution is -2.09. The van der Waals surface area contributed by atoms with E-state index in [0.29, 0.717) is 11.3 Å². The molecule has 3 aromatic carbocycles. The molecule has 5 rings (SSSR count). The van der Waals surface area contributed by atoms with Crippen molar-refractivity contribution >= 4 is 32.9 Å². The summed E-state index contributed by atoms with van der Waals surface area (Å²) in [5.41, 5.74) is 3.05. The monoisotopic (exact) mass is 475 g/mol. The molecule has 0 atom stereocenters. The number of carbonyl (C=O) groups excluding carboxylic acids is 1. The number of ketones is 1. The van der Waals surface area contributed by atoms with Crippen molar-refractivity contribution in [3.8, 4) is 17.2 Å². The van der Waals surface area contributed by atoms with E-state index in [-0.39, 0.29) is 27.9 Å². The van der Waals surface area contributed by atoms with Gasteiger partial charge < -0.3 is 18.2 Å². The summed E-state index contributed by atoms with van der Waals surface area (Å²) in [7, 11) is -0.505. The van der Waals surface area contributed by atoms with Crippen molar-refractivity contribution in [2.75, 3.05) is 7.11 Å². The number of rotatable bonds is 5. The van der Waals surface area contributed by atoms with E-state index in [1.54, 1.807) is 25.3 Å². The maximum Gasteiger partial charge on any atom is 0.339 e. The zero-order chi connectivity index (χ0) is 24.0. The molecule has 1 aliphatic rings. The van der Waals surface area contributed by atoms with Crippen LogP contribution < -0.4 is 13.7 Å². The Morgan fingerprint density at radius 2 is 1.71 bits per heavy atom. The summed E-state index contributed by atoms with van der Waals surface area (Å²) in [6.45, 7) is 1.87. The van der Waals surface area contributed by atoms with Crippen LogP contribution in [0.4, 0.5) is 0 Å². The Kier molecular flexibility index (Phi) is 5.17. The third kappa shape index (κ3) is 3.82. The second-order valence-electron chi connectivity index (χ2n) is 8.03. The van der Waals surface area contributed by atoms with Crippen molar-refractivity contribution < 1.29 is 26.9 Å². The van der Waals surface area contributed by atoms with Crippen LogP contribution in [0.3, 0.4) is 0 Å². The van der Waals surface area contributed by atoms with Crippen LogP contribution in [0.2, 0.25) is 0 Å². The summed E-state index contributed by atoms with van der Waals surface area (Å²) in [5.74, 6) is 0.859. The zero-order valence-electron chi connectivity index (χ0n) is 18.7. The van der Waals surface area contributed by atoms with Crippen LogP contribution in [-0.4, -0.2) is 25.9 Å². The molecule has 2 heterocycles. The van der Waals surface area contributed by atoms with Gasteiger partial charge in [-0.1, -0.05) is 17.7 Å². The number of aromatic nitrogens is 1. The Labute approximate surface area is 196 Å². The third-order valence-electron chi connectivity index (χ3n) is 5.67. The molecule has 0 bridgehead atoms. The molecule has 0 unspecified atom stereocenters. The summed E-state index contributed by atoms with van der Waals surface area (Å²) in [4.78, 5) is 13.0. The first kappa shape index (κ1) is 21.8. The number of ether oxygens (including phenoxy) is 2. The topological polar surface area (TPSA) is 83.8 Å². The fourth-order valence-electron chi connectivity index (χ4n) is 3.88. The molecular weight excluding hydrogens is 454 g/mol. The lowest BCUT2D eigenvalue weighted by molar-refractivity contribution is 0.101. The molecule has 0 spiro atoms. The van der Waals surface area contributed by atoms with E-state index in [2.05, 4.69) is 0 Å². The van der Waals surface area contributed by atoms with Crippen molar-refractivity contribution in [1.82, 2.24) is 4.57 Å². The van der Waals surface area contributed by atoms with E-state index in [0.717, 1.165) is 22.0 Å². The smallest absolute Gasteiger partial charge is 0.339 e. The lowest BCUT2D eigenvalue weighted by atomic mass is 10.1. The number of benzene rings is 3. The van der Waals surface area contributed by atoms with Gasteiger partial charge in [-0.25, -0.2) is 0 Å². The number of hydrogen-bond acceptors (Lipinski definition) is 6. The minimum atomic E-state index is -4.02.